The van der Waals surface area contributed by atoms with Gasteiger partial charge in [0.2, 0.25) is 0 Å². The second-order valence-electron chi connectivity index (χ2n) is 4.82. The van der Waals surface area contributed by atoms with Gasteiger partial charge in [-0.2, -0.15) is 0 Å². The summed E-state index contributed by atoms with van der Waals surface area (Å²) in [7, 11) is 0. The van der Waals surface area contributed by atoms with Crippen molar-refractivity contribution in [3.8, 4) is 0 Å². The summed E-state index contributed by atoms with van der Waals surface area (Å²) in [6, 6.07) is 5.74. The molecule has 0 bridgehead atoms. The van der Waals surface area contributed by atoms with E-state index in [4.69, 9.17) is 0 Å². The zero-order valence-corrected chi connectivity index (χ0v) is 13.8. The number of halogens is 1. The Morgan fingerprint density at radius 2 is 2.00 bits per heavy atom. The molecule has 4 nitrogen and oxygen atoms in total. The molecule has 0 N–H and O–H groups in total. The Kier molecular flexibility index (Phi) is 4.37. The standard InChI is InChI=1S/C15H15IN2O2/c1-9-4-5-10(2)12(6-9)13(19)7-18-8-17-11(3)14(16)15(18)20/h4-6,8H,7H2,1-3H3. The van der Waals surface area contributed by atoms with Gasteiger partial charge >= 0.3 is 0 Å². The third-order valence-corrected chi connectivity index (χ3v) is 4.41. The Morgan fingerprint density at radius 1 is 1.30 bits per heavy atom. The maximum Gasteiger partial charge on any atom is 0.267 e. The number of hydrogen-bond donors (Lipinski definition) is 0. The van der Waals surface area contributed by atoms with Crippen LogP contribution in [0.2, 0.25) is 0 Å². The first kappa shape index (κ1) is 14.9. The van der Waals surface area contributed by atoms with Crippen LogP contribution >= 0.6 is 22.6 Å². The fourth-order valence-corrected chi connectivity index (χ4v) is 2.38. The number of aromatic nitrogens is 2. The van der Waals surface area contributed by atoms with Crippen LogP contribution < -0.4 is 5.56 Å². The smallest absolute Gasteiger partial charge is 0.267 e. The summed E-state index contributed by atoms with van der Waals surface area (Å²) in [5.41, 5.74) is 3.13. The molecule has 0 radical (unpaired) electrons. The van der Waals surface area contributed by atoms with E-state index in [1.54, 1.807) is 6.92 Å². The fraction of sp³-hybridized carbons (Fsp3) is 0.267. The molecule has 0 aliphatic rings. The number of carbonyl (C=O) groups excluding carboxylic acids is 1. The molecule has 2 rings (SSSR count). The molecule has 0 atom stereocenters. The van der Waals surface area contributed by atoms with E-state index in [9.17, 15) is 9.59 Å². The minimum absolute atomic E-state index is 0.0202. The van der Waals surface area contributed by atoms with Gasteiger partial charge in [-0.05, 0) is 55.0 Å². The topological polar surface area (TPSA) is 52.0 Å². The summed E-state index contributed by atoms with van der Waals surface area (Å²) in [4.78, 5) is 28.5. The molecular formula is C15H15IN2O2. The van der Waals surface area contributed by atoms with Gasteiger partial charge in [0, 0.05) is 5.56 Å². The van der Waals surface area contributed by atoms with Gasteiger partial charge in [-0.3, -0.25) is 14.2 Å². The summed E-state index contributed by atoms with van der Waals surface area (Å²) < 4.78 is 1.91. The lowest BCUT2D eigenvalue weighted by molar-refractivity contribution is 0.0969. The number of nitrogens with zero attached hydrogens (tertiary/aromatic N) is 2. The molecule has 1 aromatic carbocycles. The average molecular weight is 382 g/mol. The molecule has 104 valence electrons. The van der Waals surface area contributed by atoms with E-state index in [1.165, 1.54) is 10.9 Å². The van der Waals surface area contributed by atoms with E-state index in [1.807, 2.05) is 54.6 Å². The Bertz CT molecular complexity index is 735. The SMILES string of the molecule is Cc1ccc(C)c(C(=O)Cn2cnc(C)c(I)c2=O)c1. The molecule has 0 unspecified atom stereocenters. The van der Waals surface area contributed by atoms with Crippen molar-refractivity contribution in [1.29, 1.82) is 0 Å². The summed E-state index contributed by atoms with van der Waals surface area (Å²) in [5, 5.41) is 0. The summed E-state index contributed by atoms with van der Waals surface area (Å²) in [6.07, 6.45) is 1.43. The second-order valence-corrected chi connectivity index (χ2v) is 5.90. The Balaban J connectivity index is 2.35. The van der Waals surface area contributed by atoms with E-state index < -0.39 is 0 Å². The van der Waals surface area contributed by atoms with Crippen LogP contribution in [0.15, 0.2) is 29.3 Å². The Hall–Kier alpha value is -1.50. The maximum atomic E-state index is 12.3. The van der Waals surface area contributed by atoms with Gasteiger partial charge in [-0.25, -0.2) is 4.98 Å². The first-order valence-electron chi connectivity index (χ1n) is 6.22. The zero-order valence-electron chi connectivity index (χ0n) is 11.6. The highest BCUT2D eigenvalue weighted by atomic mass is 127. The molecule has 0 spiro atoms. The van der Waals surface area contributed by atoms with Crippen molar-refractivity contribution >= 4 is 28.4 Å². The van der Waals surface area contributed by atoms with Crippen LogP contribution in [0, 0.1) is 24.3 Å². The van der Waals surface area contributed by atoms with Crippen LogP contribution in [0.4, 0.5) is 0 Å². The lowest BCUT2D eigenvalue weighted by Crippen LogP contribution is -2.27. The molecule has 2 aromatic rings. The van der Waals surface area contributed by atoms with Crippen LogP contribution in [-0.2, 0) is 6.54 Å². The van der Waals surface area contributed by atoms with Gasteiger partial charge in [-0.15, -0.1) is 0 Å². The monoisotopic (exact) mass is 382 g/mol. The van der Waals surface area contributed by atoms with Crippen LogP contribution in [0.3, 0.4) is 0 Å². The molecule has 5 heteroatoms. The summed E-state index contributed by atoms with van der Waals surface area (Å²) >= 11 is 1.96. The predicted molar refractivity (Wildman–Crippen MR) is 86.2 cm³/mol. The van der Waals surface area contributed by atoms with Gasteiger partial charge in [0.1, 0.15) is 0 Å². The Labute approximate surface area is 131 Å². The third-order valence-electron chi connectivity index (χ3n) is 3.16. The molecule has 1 heterocycles. The molecule has 0 aliphatic heterocycles. The maximum absolute atomic E-state index is 12.3. The number of aryl methyl sites for hydroxylation is 3. The van der Waals surface area contributed by atoms with Crippen LogP contribution in [-0.4, -0.2) is 15.3 Å². The molecule has 0 saturated carbocycles. The fourth-order valence-electron chi connectivity index (χ4n) is 1.94. The van der Waals surface area contributed by atoms with Crippen molar-refractivity contribution in [2.24, 2.45) is 0 Å². The molecule has 0 saturated heterocycles. The highest BCUT2D eigenvalue weighted by Gasteiger charge is 2.13. The quantitative estimate of drug-likeness (QED) is 0.606. The molecule has 1 aromatic heterocycles. The largest absolute Gasteiger partial charge is 0.292 e. The van der Waals surface area contributed by atoms with Crippen molar-refractivity contribution in [2.45, 2.75) is 27.3 Å². The average Bonchev–Trinajstić information content (AvgIpc) is 2.42. The Morgan fingerprint density at radius 3 is 2.70 bits per heavy atom. The lowest BCUT2D eigenvalue weighted by atomic mass is 10.0. The van der Waals surface area contributed by atoms with E-state index in [2.05, 4.69) is 4.98 Å². The van der Waals surface area contributed by atoms with E-state index in [0.717, 1.165) is 11.1 Å². The number of benzene rings is 1. The second kappa shape index (κ2) is 5.87. The van der Waals surface area contributed by atoms with E-state index in [-0.39, 0.29) is 17.9 Å². The number of carbonyl (C=O) groups is 1. The molecular weight excluding hydrogens is 367 g/mol. The van der Waals surface area contributed by atoms with E-state index >= 15 is 0 Å². The van der Waals surface area contributed by atoms with Crippen molar-refractivity contribution in [1.82, 2.24) is 9.55 Å². The highest BCUT2D eigenvalue weighted by Crippen LogP contribution is 2.12. The summed E-state index contributed by atoms with van der Waals surface area (Å²) in [5.74, 6) is -0.0743. The van der Waals surface area contributed by atoms with Gasteiger partial charge < -0.3 is 0 Å². The highest BCUT2D eigenvalue weighted by molar-refractivity contribution is 14.1. The van der Waals surface area contributed by atoms with Crippen molar-refractivity contribution in [2.75, 3.05) is 0 Å². The van der Waals surface area contributed by atoms with Crippen molar-refractivity contribution in [3.05, 3.63) is 60.8 Å². The normalized spacial score (nSPS) is 10.6. The first-order chi connectivity index (χ1) is 9.40. The minimum atomic E-state index is -0.170. The molecule has 20 heavy (non-hydrogen) atoms. The van der Waals surface area contributed by atoms with Crippen LogP contribution in [0.25, 0.3) is 0 Å². The number of hydrogen-bond acceptors (Lipinski definition) is 3. The van der Waals surface area contributed by atoms with Crippen molar-refractivity contribution in [3.63, 3.8) is 0 Å². The predicted octanol–water partition coefficient (Wildman–Crippen LogP) is 2.66. The number of Topliss-reactive ketones (excluding diaryl/α,β-unsaturated/α-hetero) is 1. The van der Waals surface area contributed by atoms with Crippen LogP contribution in [0.1, 0.15) is 27.2 Å². The molecule has 0 aliphatic carbocycles. The molecule has 0 amide bonds. The third kappa shape index (κ3) is 2.98. The minimum Gasteiger partial charge on any atom is -0.292 e. The van der Waals surface area contributed by atoms with Crippen molar-refractivity contribution < 1.29 is 4.79 Å². The van der Waals surface area contributed by atoms with Gasteiger partial charge in [0.25, 0.3) is 5.56 Å². The van der Waals surface area contributed by atoms with Gasteiger partial charge in [-0.1, -0.05) is 17.7 Å². The number of ketones is 1. The summed E-state index contributed by atoms with van der Waals surface area (Å²) in [6.45, 7) is 5.64. The van der Waals surface area contributed by atoms with E-state index in [0.29, 0.717) is 14.8 Å². The molecule has 0 fully saturated rings. The zero-order chi connectivity index (χ0) is 14.9. The first-order valence-corrected chi connectivity index (χ1v) is 7.30. The lowest BCUT2D eigenvalue weighted by Gasteiger charge is -2.09. The van der Waals surface area contributed by atoms with Gasteiger partial charge in [0.05, 0.1) is 22.1 Å². The number of rotatable bonds is 3. The van der Waals surface area contributed by atoms with Crippen LogP contribution in [0.5, 0.6) is 0 Å². The van der Waals surface area contributed by atoms with Gasteiger partial charge in [0.15, 0.2) is 5.78 Å².